The Morgan fingerprint density at radius 3 is 2.62 bits per heavy atom. The van der Waals surface area contributed by atoms with Crippen molar-refractivity contribution in [2.45, 2.75) is 0 Å². The first-order chi connectivity index (χ1) is 12.5. The highest BCUT2D eigenvalue weighted by Crippen LogP contribution is 2.26. The van der Waals surface area contributed by atoms with Crippen LogP contribution in [0.2, 0.25) is 5.02 Å². The molecule has 1 heterocycles. The largest absolute Gasteiger partial charge is 0.504 e. The smallest absolute Gasteiger partial charge is 0.266 e. The molecule has 0 aliphatic carbocycles. The zero-order valence-electron chi connectivity index (χ0n) is 13.7. The van der Waals surface area contributed by atoms with E-state index in [4.69, 9.17) is 16.3 Å². The number of ketones is 1. The quantitative estimate of drug-likeness (QED) is 0.673. The highest BCUT2D eigenvalue weighted by Gasteiger charge is 2.04. The number of carbonyl (C=O) groups excluding carboxylic acids is 1. The fraction of sp³-hybridized carbons (Fsp3) is 0.0526. The van der Waals surface area contributed by atoms with Gasteiger partial charge in [-0.1, -0.05) is 17.7 Å². The first-order valence-electron chi connectivity index (χ1n) is 7.56. The normalized spacial score (nSPS) is 12.4. The molecule has 5 nitrogen and oxygen atoms in total. The minimum absolute atomic E-state index is 0.0149. The molecule has 3 aromatic rings. The van der Waals surface area contributed by atoms with Gasteiger partial charge in [-0.25, -0.2) is 0 Å². The van der Waals surface area contributed by atoms with Crippen molar-refractivity contribution in [1.82, 2.24) is 4.98 Å². The van der Waals surface area contributed by atoms with E-state index in [1.54, 1.807) is 42.5 Å². The summed E-state index contributed by atoms with van der Waals surface area (Å²) in [5, 5.41) is 10.4. The number of ether oxygens (including phenoxy) is 1. The number of aromatic nitrogens is 1. The summed E-state index contributed by atoms with van der Waals surface area (Å²) in [5.41, 5.74) is 0.820. The summed E-state index contributed by atoms with van der Waals surface area (Å²) in [6, 6.07) is 11.4. The van der Waals surface area contributed by atoms with E-state index >= 15 is 0 Å². The maximum Gasteiger partial charge on any atom is 0.266 e. The van der Waals surface area contributed by atoms with Gasteiger partial charge in [0.05, 0.1) is 16.3 Å². The lowest BCUT2D eigenvalue weighted by Gasteiger charge is -2.02. The number of rotatable bonds is 4. The molecule has 0 spiro atoms. The van der Waals surface area contributed by atoms with E-state index in [1.165, 1.54) is 19.3 Å². The number of methoxy groups -OCH3 is 1. The first-order valence-corrected chi connectivity index (χ1v) is 8.75. The predicted octanol–water partition coefficient (Wildman–Crippen LogP) is 2.30. The number of thiazole rings is 1. The molecule has 0 saturated heterocycles. The van der Waals surface area contributed by atoms with Gasteiger partial charge in [0.15, 0.2) is 17.3 Å². The standard InChI is InChI=1S/C19H14ClNO4S/c1-25-16-7-2-11(8-15(16)23)9-17-19(24)21-18(26-17)10-14(22)12-3-5-13(20)6-4-12/h2-10,23H,1H3,(H,21,24). The Kier molecular flexibility index (Phi) is 5.25. The maximum absolute atomic E-state index is 12.2. The molecule has 1 aromatic heterocycles. The van der Waals surface area contributed by atoms with Crippen LogP contribution in [0.15, 0.2) is 47.3 Å². The Balaban J connectivity index is 1.96. The predicted molar refractivity (Wildman–Crippen MR) is 103 cm³/mol. The van der Waals surface area contributed by atoms with Crippen LogP contribution in [0.4, 0.5) is 0 Å². The summed E-state index contributed by atoms with van der Waals surface area (Å²) in [5.74, 6) is 0.108. The van der Waals surface area contributed by atoms with E-state index in [0.717, 1.165) is 11.3 Å². The van der Waals surface area contributed by atoms with Gasteiger partial charge in [0, 0.05) is 16.7 Å². The molecule has 0 saturated carbocycles. The van der Waals surface area contributed by atoms with E-state index in [1.807, 2.05) is 0 Å². The highest BCUT2D eigenvalue weighted by atomic mass is 35.5. The average molecular weight is 388 g/mol. The number of aromatic hydroxyl groups is 1. The van der Waals surface area contributed by atoms with Crippen LogP contribution in [-0.2, 0) is 0 Å². The zero-order valence-corrected chi connectivity index (χ0v) is 15.2. The van der Waals surface area contributed by atoms with Crippen LogP contribution in [0.3, 0.4) is 0 Å². The summed E-state index contributed by atoms with van der Waals surface area (Å²) in [6.07, 6.45) is 3.00. The number of halogens is 1. The maximum atomic E-state index is 12.2. The van der Waals surface area contributed by atoms with E-state index in [9.17, 15) is 14.7 Å². The molecular weight excluding hydrogens is 374 g/mol. The van der Waals surface area contributed by atoms with Crippen molar-refractivity contribution in [2.75, 3.05) is 7.11 Å². The van der Waals surface area contributed by atoms with Crippen LogP contribution in [0, 0.1) is 0 Å². The second-order valence-corrected chi connectivity index (χ2v) is 6.90. The fourth-order valence-electron chi connectivity index (χ4n) is 2.29. The number of H-pyrrole nitrogens is 1. The highest BCUT2D eigenvalue weighted by molar-refractivity contribution is 7.07. The van der Waals surface area contributed by atoms with Crippen LogP contribution in [0.1, 0.15) is 15.9 Å². The third-order valence-corrected chi connectivity index (χ3v) is 4.79. The van der Waals surface area contributed by atoms with Crippen LogP contribution in [0.5, 0.6) is 11.5 Å². The summed E-state index contributed by atoms with van der Waals surface area (Å²) in [4.78, 5) is 27.0. The van der Waals surface area contributed by atoms with Crippen molar-refractivity contribution >= 4 is 40.9 Å². The second kappa shape index (κ2) is 7.59. The summed E-state index contributed by atoms with van der Waals surface area (Å²) in [6.45, 7) is 0. The van der Waals surface area contributed by atoms with Gasteiger partial charge in [0.1, 0.15) is 0 Å². The van der Waals surface area contributed by atoms with Crippen molar-refractivity contribution < 1.29 is 14.6 Å². The van der Waals surface area contributed by atoms with Gasteiger partial charge in [0.25, 0.3) is 5.56 Å². The zero-order chi connectivity index (χ0) is 18.7. The molecular formula is C19H14ClNO4S. The minimum Gasteiger partial charge on any atom is -0.504 e. The minimum atomic E-state index is -0.305. The van der Waals surface area contributed by atoms with Crippen molar-refractivity contribution in [2.24, 2.45) is 0 Å². The Hall–Kier alpha value is -2.83. The SMILES string of the molecule is COc1ccc(C=c2sc(=CC(=O)c3ccc(Cl)cc3)[nH]c2=O)cc1O. The Labute approximate surface area is 157 Å². The third-order valence-electron chi connectivity index (χ3n) is 3.57. The third kappa shape index (κ3) is 4.04. The van der Waals surface area contributed by atoms with E-state index in [-0.39, 0.29) is 17.1 Å². The summed E-state index contributed by atoms with van der Waals surface area (Å²) >= 11 is 6.97. The molecule has 0 bridgehead atoms. The molecule has 0 amide bonds. The molecule has 132 valence electrons. The summed E-state index contributed by atoms with van der Waals surface area (Å²) < 4.78 is 5.86. The Morgan fingerprint density at radius 1 is 1.23 bits per heavy atom. The number of phenols is 1. The van der Waals surface area contributed by atoms with E-state index in [2.05, 4.69) is 4.98 Å². The number of hydrogen-bond donors (Lipinski definition) is 2. The molecule has 26 heavy (non-hydrogen) atoms. The second-order valence-electron chi connectivity index (χ2n) is 5.38. The van der Waals surface area contributed by atoms with Crippen molar-refractivity contribution in [3.63, 3.8) is 0 Å². The number of benzene rings is 2. The van der Waals surface area contributed by atoms with Crippen molar-refractivity contribution in [1.29, 1.82) is 0 Å². The number of aromatic amines is 1. The topological polar surface area (TPSA) is 79.4 Å². The van der Waals surface area contributed by atoms with Crippen molar-refractivity contribution in [3.8, 4) is 11.5 Å². The van der Waals surface area contributed by atoms with E-state index in [0.29, 0.717) is 31.1 Å². The number of carbonyl (C=O) groups is 1. The van der Waals surface area contributed by atoms with Gasteiger partial charge in [-0.3, -0.25) is 9.59 Å². The molecule has 3 rings (SSSR count). The van der Waals surface area contributed by atoms with Crippen molar-refractivity contribution in [3.05, 3.63) is 78.2 Å². The fourth-order valence-corrected chi connectivity index (χ4v) is 3.30. The van der Waals surface area contributed by atoms with Gasteiger partial charge >= 0.3 is 0 Å². The lowest BCUT2D eigenvalue weighted by Crippen LogP contribution is -2.20. The number of phenolic OH excluding ortho intramolecular Hbond substituents is 1. The molecule has 0 fully saturated rings. The molecule has 0 unspecified atom stereocenters. The van der Waals surface area contributed by atoms with Crippen LogP contribution < -0.4 is 19.5 Å². The average Bonchev–Trinajstić information content (AvgIpc) is 2.94. The molecule has 0 aliphatic rings. The van der Waals surface area contributed by atoms with Gasteiger partial charge < -0.3 is 14.8 Å². The first kappa shape index (κ1) is 18.0. The summed E-state index contributed by atoms with van der Waals surface area (Å²) in [7, 11) is 1.46. The van der Waals surface area contributed by atoms with Gasteiger partial charge in [-0.15, -0.1) is 11.3 Å². The van der Waals surface area contributed by atoms with Gasteiger partial charge in [-0.2, -0.15) is 0 Å². The molecule has 0 atom stereocenters. The van der Waals surface area contributed by atoms with Crippen LogP contribution in [-0.4, -0.2) is 23.0 Å². The Morgan fingerprint density at radius 2 is 1.96 bits per heavy atom. The molecule has 0 radical (unpaired) electrons. The molecule has 0 aliphatic heterocycles. The molecule has 2 N–H and O–H groups in total. The monoisotopic (exact) mass is 387 g/mol. The molecule has 7 heteroatoms. The lowest BCUT2D eigenvalue weighted by atomic mass is 10.1. The van der Waals surface area contributed by atoms with Crippen LogP contribution >= 0.6 is 22.9 Å². The van der Waals surface area contributed by atoms with E-state index < -0.39 is 0 Å². The van der Waals surface area contributed by atoms with Gasteiger partial charge in [-0.05, 0) is 48.0 Å². The van der Waals surface area contributed by atoms with Gasteiger partial charge in [0.2, 0.25) is 0 Å². The number of nitrogens with one attached hydrogen (secondary N) is 1. The lowest BCUT2D eigenvalue weighted by molar-refractivity contribution is 0.106. The number of Topliss-reactive ketones (excluding diaryl/α,β-unsaturated/α-hetero) is 1. The number of hydrogen-bond acceptors (Lipinski definition) is 5. The Bertz CT molecular complexity index is 1130. The van der Waals surface area contributed by atoms with Crippen LogP contribution in [0.25, 0.3) is 12.2 Å². The molecule has 2 aromatic carbocycles.